The van der Waals surface area contributed by atoms with Crippen molar-refractivity contribution >= 4 is 0 Å². The number of hydrogen-bond donors (Lipinski definition) is 1. The number of aromatic nitrogens is 2. The number of nitrogens with two attached hydrogens (primary N) is 1. The van der Waals surface area contributed by atoms with E-state index in [9.17, 15) is 0 Å². The predicted molar refractivity (Wildman–Crippen MR) is 70.1 cm³/mol. The van der Waals surface area contributed by atoms with Gasteiger partial charge in [0.1, 0.15) is 12.4 Å². The van der Waals surface area contributed by atoms with Crippen LogP contribution in [0.4, 0.5) is 0 Å². The van der Waals surface area contributed by atoms with Crippen molar-refractivity contribution < 1.29 is 4.74 Å². The molecule has 1 aromatic carbocycles. The summed E-state index contributed by atoms with van der Waals surface area (Å²) >= 11 is 0. The highest BCUT2D eigenvalue weighted by atomic mass is 16.5. The molecule has 1 heterocycles. The first-order valence-corrected chi connectivity index (χ1v) is 5.91. The van der Waals surface area contributed by atoms with Gasteiger partial charge in [0.2, 0.25) is 0 Å². The summed E-state index contributed by atoms with van der Waals surface area (Å²) in [5.41, 5.74) is 8.06. The summed E-state index contributed by atoms with van der Waals surface area (Å²) in [4.78, 5) is 8.25. The van der Waals surface area contributed by atoms with Crippen LogP contribution in [0.5, 0.6) is 5.75 Å². The molecule has 0 aliphatic rings. The van der Waals surface area contributed by atoms with Crippen LogP contribution in [0.1, 0.15) is 29.9 Å². The maximum absolute atomic E-state index is 5.92. The Balaban J connectivity index is 2.15. The van der Waals surface area contributed by atoms with Crippen molar-refractivity contribution in [2.24, 2.45) is 5.73 Å². The molecule has 0 saturated heterocycles. The first-order chi connectivity index (χ1) is 8.66. The molecular weight excluding hydrogens is 226 g/mol. The fourth-order valence-corrected chi connectivity index (χ4v) is 1.69. The Kier molecular flexibility index (Phi) is 3.89. The van der Waals surface area contributed by atoms with Crippen LogP contribution in [-0.2, 0) is 6.61 Å². The van der Waals surface area contributed by atoms with Crippen LogP contribution < -0.4 is 10.5 Å². The number of nitrogens with zero attached hydrogens (tertiary/aromatic N) is 2. The topological polar surface area (TPSA) is 61.0 Å². The minimum atomic E-state index is -0.0581. The first-order valence-electron chi connectivity index (χ1n) is 5.91. The van der Waals surface area contributed by atoms with E-state index in [1.807, 2.05) is 32.0 Å². The van der Waals surface area contributed by atoms with Crippen molar-refractivity contribution in [2.45, 2.75) is 26.5 Å². The van der Waals surface area contributed by atoms with E-state index in [1.54, 1.807) is 18.5 Å². The zero-order chi connectivity index (χ0) is 13.0. The third-order valence-electron chi connectivity index (χ3n) is 2.64. The molecule has 0 amide bonds. The highest BCUT2D eigenvalue weighted by Gasteiger charge is 2.09. The minimum absolute atomic E-state index is 0.0581. The summed E-state index contributed by atoms with van der Waals surface area (Å²) < 4.78 is 5.76. The Morgan fingerprint density at radius 1 is 1.28 bits per heavy atom. The SMILES string of the molecule is Cc1ccc([C@H](C)N)c(OCc2ncccn2)c1. The fourth-order valence-electron chi connectivity index (χ4n) is 1.69. The maximum atomic E-state index is 5.92. The van der Waals surface area contributed by atoms with Crippen molar-refractivity contribution in [3.63, 3.8) is 0 Å². The van der Waals surface area contributed by atoms with Crippen molar-refractivity contribution in [3.8, 4) is 5.75 Å². The van der Waals surface area contributed by atoms with Crippen LogP contribution in [0.2, 0.25) is 0 Å². The molecule has 4 heteroatoms. The molecule has 2 rings (SSSR count). The Morgan fingerprint density at radius 3 is 2.67 bits per heavy atom. The second kappa shape index (κ2) is 5.60. The van der Waals surface area contributed by atoms with Gasteiger partial charge in [-0.3, -0.25) is 0 Å². The van der Waals surface area contributed by atoms with E-state index in [0.717, 1.165) is 16.9 Å². The average Bonchev–Trinajstić information content (AvgIpc) is 2.37. The van der Waals surface area contributed by atoms with E-state index in [2.05, 4.69) is 9.97 Å². The zero-order valence-corrected chi connectivity index (χ0v) is 10.6. The van der Waals surface area contributed by atoms with Gasteiger partial charge in [-0.05, 0) is 31.5 Å². The molecule has 0 spiro atoms. The molecule has 94 valence electrons. The van der Waals surface area contributed by atoms with Gasteiger partial charge in [-0.15, -0.1) is 0 Å². The normalized spacial score (nSPS) is 12.2. The Labute approximate surface area is 107 Å². The van der Waals surface area contributed by atoms with Gasteiger partial charge < -0.3 is 10.5 Å². The molecule has 0 fully saturated rings. The van der Waals surface area contributed by atoms with Crippen LogP contribution in [0.25, 0.3) is 0 Å². The molecule has 0 aliphatic heterocycles. The van der Waals surface area contributed by atoms with Gasteiger partial charge >= 0.3 is 0 Å². The summed E-state index contributed by atoms with van der Waals surface area (Å²) in [6.45, 7) is 4.32. The summed E-state index contributed by atoms with van der Waals surface area (Å²) in [5, 5.41) is 0. The van der Waals surface area contributed by atoms with Gasteiger partial charge in [0.15, 0.2) is 5.82 Å². The number of aryl methyl sites for hydroxylation is 1. The molecule has 1 atom stereocenters. The lowest BCUT2D eigenvalue weighted by Crippen LogP contribution is -2.09. The summed E-state index contributed by atoms with van der Waals surface area (Å²) in [7, 11) is 0. The summed E-state index contributed by atoms with van der Waals surface area (Å²) in [6, 6.07) is 7.74. The lowest BCUT2D eigenvalue weighted by molar-refractivity contribution is 0.291. The first kappa shape index (κ1) is 12.5. The molecule has 18 heavy (non-hydrogen) atoms. The molecule has 4 nitrogen and oxygen atoms in total. The lowest BCUT2D eigenvalue weighted by atomic mass is 10.1. The van der Waals surface area contributed by atoms with Crippen molar-refractivity contribution in [1.82, 2.24) is 9.97 Å². The zero-order valence-electron chi connectivity index (χ0n) is 10.6. The highest BCUT2D eigenvalue weighted by molar-refractivity contribution is 5.38. The van der Waals surface area contributed by atoms with Crippen LogP contribution in [0.15, 0.2) is 36.7 Å². The summed E-state index contributed by atoms with van der Waals surface area (Å²) in [6.07, 6.45) is 3.41. The monoisotopic (exact) mass is 243 g/mol. The molecule has 2 N–H and O–H groups in total. The largest absolute Gasteiger partial charge is 0.485 e. The summed E-state index contributed by atoms with van der Waals surface area (Å²) in [5.74, 6) is 1.46. The molecule has 0 aliphatic carbocycles. The van der Waals surface area contributed by atoms with Crippen LogP contribution in [0, 0.1) is 6.92 Å². The van der Waals surface area contributed by atoms with Gasteiger partial charge in [-0.2, -0.15) is 0 Å². The Bertz CT molecular complexity index is 512. The maximum Gasteiger partial charge on any atom is 0.166 e. The standard InChI is InChI=1S/C14H17N3O/c1-10-4-5-12(11(2)15)13(8-10)18-9-14-16-6-3-7-17-14/h3-8,11H,9,15H2,1-2H3/t11-/m0/s1. The second-order valence-electron chi connectivity index (χ2n) is 4.28. The van der Waals surface area contributed by atoms with E-state index < -0.39 is 0 Å². The van der Waals surface area contributed by atoms with Crippen molar-refractivity contribution in [2.75, 3.05) is 0 Å². The quantitative estimate of drug-likeness (QED) is 0.895. The highest BCUT2D eigenvalue weighted by Crippen LogP contribution is 2.25. The van der Waals surface area contributed by atoms with E-state index in [1.165, 1.54) is 0 Å². The van der Waals surface area contributed by atoms with Gasteiger partial charge in [-0.25, -0.2) is 9.97 Å². The Morgan fingerprint density at radius 2 is 2.00 bits per heavy atom. The van der Waals surface area contributed by atoms with Gasteiger partial charge in [0.05, 0.1) is 0 Å². The molecule has 0 saturated carbocycles. The Hall–Kier alpha value is -1.94. The van der Waals surface area contributed by atoms with E-state index >= 15 is 0 Å². The van der Waals surface area contributed by atoms with Crippen molar-refractivity contribution in [3.05, 3.63) is 53.6 Å². The molecular formula is C14H17N3O. The number of rotatable bonds is 4. The number of hydrogen-bond acceptors (Lipinski definition) is 4. The van der Waals surface area contributed by atoms with E-state index in [4.69, 9.17) is 10.5 Å². The number of ether oxygens (including phenoxy) is 1. The predicted octanol–water partition coefficient (Wildman–Crippen LogP) is 2.38. The average molecular weight is 243 g/mol. The fraction of sp³-hybridized carbons (Fsp3) is 0.286. The lowest BCUT2D eigenvalue weighted by Gasteiger charge is -2.14. The van der Waals surface area contributed by atoms with Gasteiger partial charge in [0.25, 0.3) is 0 Å². The molecule has 1 aromatic heterocycles. The second-order valence-corrected chi connectivity index (χ2v) is 4.28. The number of benzene rings is 1. The van der Waals surface area contributed by atoms with E-state index in [-0.39, 0.29) is 6.04 Å². The van der Waals surface area contributed by atoms with Crippen LogP contribution >= 0.6 is 0 Å². The van der Waals surface area contributed by atoms with Crippen LogP contribution in [-0.4, -0.2) is 9.97 Å². The van der Waals surface area contributed by atoms with E-state index in [0.29, 0.717) is 12.4 Å². The third kappa shape index (κ3) is 3.05. The molecule has 0 unspecified atom stereocenters. The molecule has 0 radical (unpaired) electrons. The van der Waals surface area contributed by atoms with Crippen molar-refractivity contribution in [1.29, 1.82) is 0 Å². The van der Waals surface area contributed by atoms with Gasteiger partial charge in [-0.1, -0.05) is 12.1 Å². The third-order valence-corrected chi connectivity index (χ3v) is 2.64. The smallest absolute Gasteiger partial charge is 0.166 e. The van der Waals surface area contributed by atoms with Crippen LogP contribution in [0.3, 0.4) is 0 Å². The molecule has 2 aromatic rings. The minimum Gasteiger partial charge on any atom is -0.485 e. The van der Waals surface area contributed by atoms with Gasteiger partial charge in [0, 0.05) is 24.0 Å². The molecule has 0 bridgehead atoms.